The molecule has 0 amide bonds. The molecule has 0 saturated carbocycles. The van der Waals surface area contributed by atoms with Crippen LogP contribution in [0, 0.1) is 10.1 Å². The Labute approximate surface area is 96.3 Å². The summed E-state index contributed by atoms with van der Waals surface area (Å²) in [6.45, 7) is 4.66. The van der Waals surface area contributed by atoms with Gasteiger partial charge in [0.1, 0.15) is 0 Å². The van der Waals surface area contributed by atoms with Gasteiger partial charge in [-0.25, -0.2) is 0 Å². The molecule has 0 atom stereocenters. The maximum Gasteiger partial charge on any atom is 0.275 e. The van der Waals surface area contributed by atoms with Crippen LogP contribution in [-0.2, 0) is 6.54 Å². The fourth-order valence-electron chi connectivity index (χ4n) is 1.17. The highest BCUT2D eigenvalue weighted by Gasteiger charge is 2.12. The van der Waals surface area contributed by atoms with Gasteiger partial charge in [0.2, 0.25) is 0 Å². The number of rotatable bonds is 5. The van der Waals surface area contributed by atoms with Crippen molar-refractivity contribution in [3.8, 4) is 0 Å². The second-order valence-electron chi connectivity index (χ2n) is 2.95. The van der Waals surface area contributed by atoms with Gasteiger partial charge >= 0.3 is 0 Å². The number of halogens is 1. The van der Waals surface area contributed by atoms with Crippen molar-refractivity contribution >= 4 is 21.6 Å². The largest absolute Gasteiger partial charge is 0.309 e. The summed E-state index contributed by atoms with van der Waals surface area (Å²) in [5, 5.41) is 13.8. The number of nitro benzene ring substituents is 1. The van der Waals surface area contributed by atoms with Gasteiger partial charge in [0.25, 0.3) is 5.69 Å². The quantitative estimate of drug-likeness (QED) is 0.387. The third-order valence-corrected chi connectivity index (χ3v) is 2.34. The first-order chi connectivity index (χ1) is 7.15. The molecule has 0 saturated heterocycles. The smallest absolute Gasteiger partial charge is 0.275 e. The monoisotopic (exact) mass is 270 g/mol. The third-order valence-electron chi connectivity index (χ3n) is 1.85. The van der Waals surface area contributed by atoms with E-state index in [0.29, 0.717) is 23.1 Å². The zero-order valence-electron chi connectivity index (χ0n) is 8.07. The van der Waals surface area contributed by atoms with E-state index in [4.69, 9.17) is 0 Å². The van der Waals surface area contributed by atoms with E-state index in [-0.39, 0.29) is 10.6 Å². The average molecular weight is 271 g/mol. The summed E-state index contributed by atoms with van der Waals surface area (Å²) in [7, 11) is 0. The molecule has 0 fully saturated rings. The highest BCUT2D eigenvalue weighted by Crippen LogP contribution is 2.23. The molecule has 0 unspecified atom stereocenters. The highest BCUT2D eigenvalue weighted by molar-refractivity contribution is 9.10. The van der Waals surface area contributed by atoms with Crippen LogP contribution in [0.15, 0.2) is 35.3 Å². The molecule has 15 heavy (non-hydrogen) atoms. The SMILES string of the molecule is C=CCNCc1ccc(Br)cc1[N+](=O)[O-]. The Morgan fingerprint density at radius 1 is 1.60 bits per heavy atom. The van der Waals surface area contributed by atoms with Crippen LogP contribution in [0.5, 0.6) is 0 Å². The Kier molecular flexibility index (Phi) is 4.45. The molecule has 1 rings (SSSR count). The number of nitro groups is 1. The molecule has 80 valence electrons. The molecule has 1 aromatic carbocycles. The van der Waals surface area contributed by atoms with Crippen LogP contribution in [0.25, 0.3) is 0 Å². The lowest BCUT2D eigenvalue weighted by atomic mass is 10.2. The van der Waals surface area contributed by atoms with E-state index in [1.807, 2.05) is 0 Å². The molecule has 1 aromatic rings. The van der Waals surface area contributed by atoms with E-state index in [1.165, 1.54) is 6.07 Å². The van der Waals surface area contributed by atoms with Crippen LogP contribution < -0.4 is 5.32 Å². The minimum absolute atomic E-state index is 0.126. The summed E-state index contributed by atoms with van der Waals surface area (Å²) in [4.78, 5) is 10.4. The molecule has 0 aliphatic carbocycles. The first-order valence-corrected chi connectivity index (χ1v) is 5.19. The maximum atomic E-state index is 10.7. The molecule has 0 radical (unpaired) electrons. The Morgan fingerprint density at radius 3 is 2.93 bits per heavy atom. The van der Waals surface area contributed by atoms with Crippen LogP contribution in [-0.4, -0.2) is 11.5 Å². The molecular formula is C10H11BrN2O2. The van der Waals surface area contributed by atoms with Crippen molar-refractivity contribution < 1.29 is 4.92 Å². The topological polar surface area (TPSA) is 55.2 Å². The Hall–Kier alpha value is -1.20. The van der Waals surface area contributed by atoms with Crippen LogP contribution >= 0.6 is 15.9 Å². The van der Waals surface area contributed by atoms with Crippen LogP contribution in [0.4, 0.5) is 5.69 Å². The fourth-order valence-corrected chi connectivity index (χ4v) is 1.51. The molecule has 5 heteroatoms. The minimum atomic E-state index is -0.379. The molecule has 0 bridgehead atoms. The highest BCUT2D eigenvalue weighted by atomic mass is 79.9. The van der Waals surface area contributed by atoms with Gasteiger partial charge in [-0.05, 0) is 12.1 Å². The van der Waals surface area contributed by atoms with Crippen molar-refractivity contribution in [3.05, 3.63) is 51.0 Å². The molecule has 4 nitrogen and oxygen atoms in total. The van der Waals surface area contributed by atoms with Crippen molar-refractivity contribution in [2.75, 3.05) is 6.54 Å². The van der Waals surface area contributed by atoms with Gasteiger partial charge in [0, 0.05) is 29.2 Å². The van der Waals surface area contributed by atoms with Gasteiger partial charge in [-0.15, -0.1) is 6.58 Å². The molecular weight excluding hydrogens is 260 g/mol. The number of nitrogens with zero attached hydrogens (tertiary/aromatic N) is 1. The first-order valence-electron chi connectivity index (χ1n) is 4.39. The fraction of sp³-hybridized carbons (Fsp3) is 0.200. The normalized spacial score (nSPS) is 9.93. The Bertz CT molecular complexity index is 380. The second kappa shape index (κ2) is 5.63. The number of benzene rings is 1. The van der Waals surface area contributed by atoms with Crippen LogP contribution in [0.2, 0.25) is 0 Å². The predicted octanol–water partition coefficient (Wildman–Crippen LogP) is 2.63. The van der Waals surface area contributed by atoms with Crippen molar-refractivity contribution in [1.82, 2.24) is 5.32 Å². The summed E-state index contributed by atoms with van der Waals surface area (Å²) in [5.41, 5.74) is 0.797. The maximum absolute atomic E-state index is 10.7. The van der Waals surface area contributed by atoms with E-state index < -0.39 is 0 Å². The number of hydrogen-bond acceptors (Lipinski definition) is 3. The molecule has 0 aromatic heterocycles. The number of nitrogens with one attached hydrogen (secondary N) is 1. The lowest BCUT2D eigenvalue weighted by molar-refractivity contribution is -0.385. The van der Waals surface area contributed by atoms with E-state index in [9.17, 15) is 10.1 Å². The van der Waals surface area contributed by atoms with Crippen LogP contribution in [0.3, 0.4) is 0 Å². The van der Waals surface area contributed by atoms with Gasteiger partial charge in [0.05, 0.1) is 4.92 Å². The Morgan fingerprint density at radius 2 is 2.33 bits per heavy atom. The molecule has 0 spiro atoms. The van der Waals surface area contributed by atoms with E-state index in [0.717, 1.165) is 0 Å². The van der Waals surface area contributed by atoms with Crippen molar-refractivity contribution in [1.29, 1.82) is 0 Å². The van der Waals surface area contributed by atoms with E-state index in [1.54, 1.807) is 18.2 Å². The van der Waals surface area contributed by atoms with Crippen molar-refractivity contribution in [2.24, 2.45) is 0 Å². The zero-order valence-corrected chi connectivity index (χ0v) is 9.66. The van der Waals surface area contributed by atoms with Crippen molar-refractivity contribution in [3.63, 3.8) is 0 Å². The third kappa shape index (κ3) is 3.45. The number of hydrogen-bond donors (Lipinski definition) is 1. The van der Waals surface area contributed by atoms with E-state index in [2.05, 4.69) is 27.8 Å². The minimum Gasteiger partial charge on any atom is -0.309 e. The standard InChI is InChI=1S/C10H11BrN2O2/c1-2-5-12-7-8-3-4-9(11)6-10(8)13(14)15/h2-4,6,12H,1,5,7H2. The summed E-state index contributed by atoms with van der Waals surface area (Å²) in [5.74, 6) is 0. The average Bonchev–Trinajstić information content (AvgIpc) is 2.20. The lowest BCUT2D eigenvalue weighted by Gasteiger charge is -2.03. The van der Waals surface area contributed by atoms with Gasteiger partial charge in [0.15, 0.2) is 0 Å². The Balaban J connectivity index is 2.85. The second-order valence-corrected chi connectivity index (χ2v) is 3.87. The summed E-state index contributed by atoms with van der Waals surface area (Å²) >= 11 is 3.21. The molecule has 0 heterocycles. The predicted molar refractivity (Wildman–Crippen MR) is 62.7 cm³/mol. The summed E-state index contributed by atoms with van der Waals surface area (Å²) < 4.78 is 0.710. The first kappa shape index (κ1) is 11.9. The van der Waals surface area contributed by atoms with Gasteiger partial charge in [-0.1, -0.05) is 22.0 Å². The van der Waals surface area contributed by atoms with Crippen LogP contribution in [0.1, 0.15) is 5.56 Å². The van der Waals surface area contributed by atoms with E-state index >= 15 is 0 Å². The molecule has 0 aliphatic rings. The van der Waals surface area contributed by atoms with Gasteiger partial charge in [-0.2, -0.15) is 0 Å². The molecule has 1 N–H and O–H groups in total. The molecule has 0 aliphatic heterocycles. The lowest BCUT2D eigenvalue weighted by Crippen LogP contribution is -2.13. The summed E-state index contributed by atoms with van der Waals surface area (Å²) in [6.07, 6.45) is 1.71. The van der Waals surface area contributed by atoms with Gasteiger partial charge in [-0.3, -0.25) is 10.1 Å². The summed E-state index contributed by atoms with van der Waals surface area (Å²) in [6, 6.07) is 5.03. The van der Waals surface area contributed by atoms with Gasteiger partial charge < -0.3 is 5.32 Å². The zero-order chi connectivity index (χ0) is 11.3. The van der Waals surface area contributed by atoms with Crippen molar-refractivity contribution in [2.45, 2.75) is 6.54 Å².